The fraction of sp³-hybridized carbons (Fsp3) is 0.370. The summed E-state index contributed by atoms with van der Waals surface area (Å²) in [5.41, 5.74) is 3.58. The summed E-state index contributed by atoms with van der Waals surface area (Å²) in [5, 5.41) is 33.9. The molecule has 1 aromatic heterocycles. The van der Waals surface area contributed by atoms with Crippen molar-refractivity contribution in [3.63, 3.8) is 0 Å². The van der Waals surface area contributed by atoms with Crippen molar-refractivity contribution in [2.45, 2.75) is 19.4 Å². The van der Waals surface area contributed by atoms with Crippen LogP contribution in [0.25, 0.3) is 10.2 Å². The molecule has 0 bridgehead atoms. The van der Waals surface area contributed by atoms with Gasteiger partial charge in [-0.05, 0) is 37.1 Å². The van der Waals surface area contributed by atoms with E-state index in [9.17, 15) is 0 Å². The quantitative estimate of drug-likeness (QED) is 0.240. The molecule has 222 valence electrons. The van der Waals surface area contributed by atoms with Crippen LogP contribution in [0.15, 0.2) is 48.5 Å². The van der Waals surface area contributed by atoms with Crippen LogP contribution in [0.4, 0.5) is 5.69 Å². The number of methoxy groups -OCH3 is 1. The lowest BCUT2D eigenvalue weighted by Crippen LogP contribution is -2.49. The number of hydrogen-bond donors (Lipinski definition) is 5. The molecule has 4 rings (SSSR count). The second-order valence-electron chi connectivity index (χ2n) is 9.01. The molecule has 2 heterocycles. The van der Waals surface area contributed by atoms with Gasteiger partial charge < -0.3 is 35.4 Å². The third-order valence-electron chi connectivity index (χ3n) is 5.88. The molecule has 0 spiro atoms. The molecule has 41 heavy (non-hydrogen) atoms. The molecule has 14 heteroatoms. The lowest BCUT2D eigenvalue weighted by Gasteiger charge is -2.36. The van der Waals surface area contributed by atoms with Crippen molar-refractivity contribution in [3.05, 3.63) is 54.1 Å². The predicted molar refractivity (Wildman–Crippen MR) is 153 cm³/mol. The molecule has 0 aliphatic carbocycles. The first-order chi connectivity index (χ1) is 19.5. The van der Waals surface area contributed by atoms with E-state index in [1.54, 1.807) is 18.4 Å². The third kappa shape index (κ3) is 12.2. The molecule has 3 aromatic rings. The van der Waals surface area contributed by atoms with Crippen LogP contribution in [0, 0.1) is 0 Å². The van der Waals surface area contributed by atoms with E-state index in [0.29, 0.717) is 6.04 Å². The minimum absolute atomic E-state index is 0.401. The van der Waals surface area contributed by atoms with E-state index < -0.39 is 23.9 Å². The molecule has 1 aliphatic rings. The van der Waals surface area contributed by atoms with Crippen LogP contribution in [0.1, 0.15) is 12.5 Å². The number of ether oxygens (including phenoxy) is 1. The van der Waals surface area contributed by atoms with E-state index in [1.807, 2.05) is 0 Å². The first-order valence-corrected chi connectivity index (χ1v) is 13.4. The zero-order valence-corrected chi connectivity index (χ0v) is 23.5. The first kappa shape index (κ1) is 32.9. The highest BCUT2D eigenvalue weighted by Gasteiger charge is 2.18. The number of aromatic nitrogens is 1. The summed E-state index contributed by atoms with van der Waals surface area (Å²) in [6.07, 6.45) is 1.14. The molecular formula is C27H34N4O9S. The molecule has 0 radical (unpaired) electrons. The molecule has 1 atom stereocenters. The number of carbonyl (C=O) groups is 4. The topological polar surface area (TPSA) is 190 Å². The van der Waals surface area contributed by atoms with Gasteiger partial charge >= 0.3 is 23.9 Å². The Kier molecular flexibility index (Phi) is 13.5. The number of nitrogens with one attached hydrogen (secondary N) is 1. The van der Waals surface area contributed by atoms with Gasteiger partial charge in [-0.25, -0.2) is 24.2 Å². The number of carboxylic acids is 4. The van der Waals surface area contributed by atoms with Crippen LogP contribution < -0.4 is 10.1 Å². The lowest BCUT2D eigenvalue weighted by atomic mass is 10.1. The van der Waals surface area contributed by atoms with Crippen molar-refractivity contribution in [2.75, 3.05) is 51.7 Å². The maximum atomic E-state index is 9.10. The normalized spacial score (nSPS) is 14.0. The summed E-state index contributed by atoms with van der Waals surface area (Å²) in [5.74, 6) is -7.30. The van der Waals surface area contributed by atoms with Crippen LogP contribution in [0.3, 0.4) is 0 Å². The van der Waals surface area contributed by atoms with Crippen molar-refractivity contribution in [3.8, 4) is 5.19 Å². The van der Waals surface area contributed by atoms with E-state index in [2.05, 4.69) is 75.6 Å². The van der Waals surface area contributed by atoms with E-state index in [-0.39, 0.29) is 0 Å². The van der Waals surface area contributed by atoms with Crippen molar-refractivity contribution >= 4 is 51.1 Å². The van der Waals surface area contributed by atoms with Crippen molar-refractivity contribution in [1.29, 1.82) is 0 Å². The SMILES string of the molecule is COc1nc2ccc(NC(C)CN3CCN(CCc4ccccc4)CC3)cc2s1.O=C(O)C(=O)O.O=C(O)C(=O)O. The summed E-state index contributed by atoms with van der Waals surface area (Å²) >= 11 is 1.59. The Morgan fingerprint density at radius 3 is 2.00 bits per heavy atom. The minimum Gasteiger partial charge on any atom is -0.473 e. The average Bonchev–Trinajstić information content (AvgIpc) is 3.36. The van der Waals surface area contributed by atoms with E-state index in [0.717, 1.165) is 66.8 Å². The second kappa shape index (κ2) is 16.7. The Morgan fingerprint density at radius 1 is 0.902 bits per heavy atom. The van der Waals surface area contributed by atoms with Crippen LogP contribution in [-0.2, 0) is 25.6 Å². The number of rotatable bonds is 8. The number of carboxylic acid groups (broad SMARTS) is 4. The molecule has 0 saturated carbocycles. The highest BCUT2D eigenvalue weighted by molar-refractivity contribution is 7.20. The van der Waals surface area contributed by atoms with E-state index in [4.69, 9.17) is 44.3 Å². The number of fused-ring (bicyclic) bond motifs is 1. The summed E-state index contributed by atoms with van der Waals surface area (Å²) < 4.78 is 6.41. The molecule has 1 saturated heterocycles. The molecule has 13 nitrogen and oxygen atoms in total. The smallest absolute Gasteiger partial charge is 0.414 e. The summed E-state index contributed by atoms with van der Waals surface area (Å²) in [6.45, 7) is 9.09. The fourth-order valence-corrected chi connectivity index (χ4v) is 4.74. The van der Waals surface area contributed by atoms with Gasteiger partial charge in [0.15, 0.2) is 0 Å². The summed E-state index contributed by atoms with van der Waals surface area (Å²) in [6, 6.07) is 17.5. The zero-order chi connectivity index (χ0) is 30.4. The molecule has 1 unspecified atom stereocenters. The lowest BCUT2D eigenvalue weighted by molar-refractivity contribution is -0.159. The molecule has 1 aliphatic heterocycles. The predicted octanol–water partition coefficient (Wildman–Crippen LogP) is 2.28. The molecule has 5 N–H and O–H groups in total. The second-order valence-corrected chi connectivity index (χ2v) is 10.0. The number of hydrogen-bond acceptors (Lipinski definition) is 10. The van der Waals surface area contributed by atoms with Gasteiger partial charge in [-0.1, -0.05) is 41.7 Å². The Balaban J connectivity index is 0.000000413. The third-order valence-corrected chi connectivity index (χ3v) is 6.86. The maximum Gasteiger partial charge on any atom is 0.414 e. The van der Waals surface area contributed by atoms with Gasteiger partial charge in [0.1, 0.15) is 0 Å². The van der Waals surface area contributed by atoms with Crippen LogP contribution in [-0.4, -0.2) is 112 Å². The largest absolute Gasteiger partial charge is 0.473 e. The molecule has 1 fully saturated rings. The van der Waals surface area contributed by atoms with Crippen molar-refractivity contribution in [2.24, 2.45) is 0 Å². The molecular weight excluding hydrogens is 556 g/mol. The maximum absolute atomic E-state index is 9.10. The number of nitrogens with zero attached hydrogens (tertiary/aromatic N) is 3. The summed E-state index contributed by atoms with van der Waals surface area (Å²) in [4.78, 5) is 46.0. The Hall–Kier alpha value is -4.27. The van der Waals surface area contributed by atoms with E-state index >= 15 is 0 Å². The standard InChI is InChI=1S/C23H30N4OS.2C2H2O4/c1-18(24-20-8-9-21-22(16-20)29-23(25-21)28-2)17-27-14-12-26(13-15-27)11-10-19-6-4-3-5-7-19;2*3-1(4)2(5)6/h3-9,16,18,24H,10-15,17H2,1-2H3;2*(H,3,4)(H,5,6). The van der Waals surface area contributed by atoms with Crippen LogP contribution in [0.5, 0.6) is 5.19 Å². The Bertz CT molecular complexity index is 1250. The number of anilines is 1. The number of piperazine rings is 1. The van der Waals surface area contributed by atoms with Gasteiger partial charge in [0.2, 0.25) is 0 Å². The highest BCUT2D eigenvalue weighted by Crippen LogP contribution is 2.29. The molecule has 2 aromatic carbocycles. The van der Waals surface area contributed by atoms with Gasteiger partial charge in [0.05, 0.1) is 17.3 Å². The summed E-state index contributed by atoms with van der Waals surface area (Å²) in [7, 11) is 1.67. The first-order valence-electron chi connectivity index (χ1n) is 12.6. The number of thiazole rings is 1. The minimum atomic E-state index is -1.82. The van der Waals surface area contributed by atoms with Crippen molar-refractivity contribution < 1.29 is 44.3 Å². The van der Waals surface area contributed by atoms with E-state index in [1.165, 1.54) is 5.56 Å². The monoisotopic (exact) mass is 590 g/mol. The van der Waals surface area contributed by atoms with Gasteiger partial charge in [-0.15, -0.1) is 0 Å². The zero-order valence-electron chi connectivity index (χ0n) is 22.7. The highest BCUT2D eigenvalue weighted by atomic mass is 32.1. The van der Waals surface area contributed by atoms with Crippen molar-refractivity contribution in [1.82, 2.24) is 14.8 Å². The van der Waals surface area contributed by atoms with Gasteiger partial charge in [0, 0.05) is 51.0 Å². The van der Waals surface area contributed by atoms with Gasteiger partial charge in [-0.2, -0.15) is 0 Å². The van der Waals surface area contributed by atoms with Gasteiger partial charge in [-0.3, -0.25) is 4.90 Å². The average molecular weight is 591 g/mol. The van der Waals surface area contributed by atoms with Gasteiger partial charge in [0.25, 0.3) is 5.19 Å². The Labute approximate surface area is 240 Å². The van der Waals surface area contributed by atoms with Crippen LogP contribution in [0.2, 0.25) is 0 Å². The molecule has 0 amide bonds. The number of aliphatic carboxylic acids is 4. The Morgan fingerprint density at radius 2 is 1.46 bits per heavy atom. The number of benzene rings is 2. The fourth-order valence-electron chi connectivity index (χ4n) is 3.93. The van der Waals surface area contributed by atoms with Crippen LogP contribution >= 0.6 is 11.3 Å².